The number of thiocarbonyl (C=S) groups is 1. The number of ether oxygens (including phenoxy) is 1. The topological polar surface area (TPSA) is 64.3 Å². The molecule has 3 N–H and O–H groups in total. The molecule has 0 spiro atoms. The third-order valence-electron chi connectivity index (χ3n) is 3.30. The highest BCUT2D eigenvalue weighted by atomic mass is 32.1. The Morgan fingerprint density at radius 3 is 2.85 bits per heavy atom. The van der Waals surface area contributed by atoms with Gasteiger partial charge in [0.25, 0.3) is 5.91 Å². The van der Waals surface area contributed by atoms with Crippen molar-refractivity contribution in [2.24, 2.45) is 11.7 Å². The number of carbonyl (C=O) groups is 1. The molecular weight excluding hydrogens is 272 g/mol. The number of hydrogen-bond acceptors (Lipinski definition) is 3. The highest BCUT2D eigenvalue weighted by molar-refractivity contribution is 7.80. The van der Waals surface area contributed by atoms with Gasteiger partial charge in [0.15, 0.2) is 6.61 Å². The molecule has 0 heterocycles. The van der Waals surface area contributed by atoms with E-state index in [1.165, 1.54) is 12.8 Å². The Morgan fingerprint density at radius 1 is 1.50 bits per heavy atom. The molecule has 1 unspecified atom stereocenters. The molecule has 0 aromatic heterocycles. The minimum absolute atomic E-state index is 0.0192. The Labute approximate surface area is 124 Å². The van der Waals surface area contributed by atoms with Crippen LogP contribution in [-0.4, -0.2) is 23.5 Å². The van der Waals surface area contributed by atoms with Crippen molar-refractivity contribution < 1.29 is 9.53 Å². The van der Waals surface area contributed by atoms with E-state index in [0.717, 1.165) is 12.3 Å². The fourth-order valence-electron chi connectivity index (χ4n) is 2.17. The fourth-order valence-corrected chi connectivity index (χ4v) is 2.34. The number of hydrogen-bond donors (Lipinski definition) is 2. The summed E-state index contributed by atoms with van der Waals surface area (Å²) in [4.78, 5) is 12.1. The van der Waals surface area contributed by atoms with Crippen LogP contribution in [0.2, 0.25) is 0 Å². The number of nitrogens with two attached hydrogens (primary N) is 1. The maximum atomic E-state index is 11.8. The molecule has 0 saturated heterocycles. The molecule has 1 aliphatic carbocycles. The Bertz CT molecular complexity index is 500. The van der Waals surface area contributed by atoms with Gasteiger partial charge in [-0.2, -0.15) is 0 Å². The lowest BCUT2D eigenvalue weighted by Gasteiger charge is -2.14. The van der Waals surface area contributed by atoms with Crippen LogP contribution in [0, 0.1) is 5.92 Å². The zero-order chi connectivity index (χ0) is 14.5. The van der Waals surface area contributed by atoms with E-state index < -0.39 is 0 Å². The summed E-state index contributed by atoms with van der Waals surface area (Å²) >= 11 is 4.95. The summed E-state index contributed by atoms with van der Waals surface area (Å²) in [6, 6.07) is 7.40. The number of rotatable bonds is 7. The quantitative estimate of drug-likeness (QED) is 0.755. The Kier molecular flexibility index (Phi) is 4.95. The van der Waals surface area contributed by atoms with Crippen LogP contribution in [0.25, 0.3) is 0 Å². The first-order valence-corrected chi connectivity index (χ1v) is 7.28. The normalized spacial score (nSPS) is 15.4. The first kappa shape index (κ1) is 14.8. The molecule has 0 aliphatic heterocycles. The van der Waals surface area contributed by atoms with Gasteiger partial charge in [-0.25, -0.2) is 0 Å². The van der Waals surface area contributed by atoms with Crippen LogP contribution in [-0.2, 0) is 4.79 Å². The van der Waals surface area contributed by atoms with Crippen LogP contribution < -0.4 is 15.8 Å². The van der Waals surface area contributed by atoms with Crippen molar-refractivity contribution in [3.05, 3.63) is 29.8 Å². The van der Waals surface area contributed by atoms with Gasteiger partial charge in [-0.1, -0.05) is 37.2 Å². The summed E-state index contributed by atoms with van der Waals surface area (Å²) in [5.74, 6) is 1.22. The van der Waals surface area contributed by atoms with Gasteiger partial charge in [0, 0.05) is 6.04 Å². The van der Waals surface area contributed by atoms with Gasteiger partial charge >= 0.3 is 0 Å². The highest BCUT2D eigenvalue weighted by Gasteiger charge is 2.24. The van der Waals surface area contributed by atoms with Crippen molar-refractivity contribution in [1.29, 1.82) is 0 Å². The average molecular weight is 292 g/mol. The van der Waals surface area contributed by atoms with E-state index in [0.29, 0.717) is 11.3 Å². The number of nitrogens with one attached hydrogen (secondary N) is 1. The van der Waals surface area contributed by atoms with E-state index in [1.807, 2.05) is 19.1 Å². The van der Waals surface area contributed by atoms with Crippen LogP contribution in [0.1, 0.15) is 31.7 Å². The van der Waals surface area contributed by atoms with Gasteiger partial charge in [-0.3, -0.25) is 4.79 Å². The molecule has 1 aromatic rings. The molecular formula is C15H20N2O2S. The summed E-state index contributed by atoms with van der Waals surface area (Å²) in [5, 5.41) is 2.94. The molecule has 1 saturated carbocycles. The van der Waals surface area contributed by atoms with Crippen molar-refractivity contribution in [2.75, 3.05) is 6.61 Å². The van der Waals surface area contributed by atoms with Crippen molar-refractivity contribution >= 4 is 23.1 Å². The molecule has 108 valence electrons. The second-order valence-corrected chi connectivity index (χ2v) is 5.74. The number of carbonyl (C=O) groups excluding carboxylic acids is 1. The van der Waals surface area contributed by atoms with E-state index in [1.54, 1.807) is 12.1 Å². The maximum Gasteiger partial charge on any atom is 0.258 e. The van der Waals surface area contributed by atoms with Crippen LogP contribution in [0.3, 0.4) is 0 Å². The molecule has 5 heteroatoms. The highest BCUT2D eigenvalue weighted by Crippen LogP contribution is 2.33. The molecule has 1 aromatic carbocycles. The van der Waals surface area contributed by atoms with E-state index in [9.17, 15) is 4.79 Å². The molecule has 20 heavy (non-hydrogen) atoms. The Hall–Kier alpha value is -1.62. The summed E-state index contributed by atoms with van der Waals surface area (Å²) in [7, 11) is 0. The SMILES string of the molecule is CC(CC1CC1)NC(=O)COc1ccccc1C(N)=S. The van der Waals surface area contributed by atoms with Crippen LogP contribution in [0.5, 0.6) is 5.75 Å². The zero-order valence-electron chi connectivity index (χ0n) is 11.6. The lowest BCUT2D eigenvalue weighted by Crippen LogP contribution is -2.36. The van der Waals surface area contributed by atoms with Gasteiger partial charge in [-0.05, 0) is 31.4 Å². The lowest BCUT2D eigenvalue weighted by atomic mass is 10.1. The third-order valence-corrected chi connectivity index (χ3v) is 3.52. The monoisotopic (exact) mass is 292 g/mol. The van der Waals surface area contributed by atoms with Gasteiger partial charge in [0.1, 0.15) is 10.7 Å². The van der Waals surface area contributed by atoms with Crippen molar-refractivity contribution in [2.45, 2.75) is 32.2 Å². The van der Waals surface area contributed by atoms with Gasteiger partial charge in [0.05, 0.1) is 5.56 Å². The van der Waals surface area contributed by atoms with E-state index in [-0.39, 0.29) is 23.5 Å². The zero-order valence-corrected chi connectivity index (χ0v) is 12.4. The molecule has 2 rings (SSSR count). The third kappa shape index (κ3) is 4.49. The predicted molar refractivity (Wildman–Crippen MR) is 82.8 cm³/mol. The Balaban J connectivity index is 1.81. The maximum absolute atomic E-state index is 11.8. The number of amides is 1. The largest absolute Gasteiger partial charge is 0.483 e. The number of para-hydroxylation sites is 1. The Morgan fingerprint density at radius 2 is 2.20 bits per heavy atom. The van der Waals surface area contributed by atoms with Crippen molar-refractivity contribution in [3.8, 4) is 5.75 Å². The fraction of sp³-hybridized carbons (Fsp3) is 0.467. The van der Waals surface area contributed by atoms with Crippen molar-refractivity contribution in [3.63, 3.8) is 0 Å². The van der Waals surface area contributed by atoms with E-state index >= 15 is 0 Å². The first-order chi connectivity index (χ1) is 9.56. The van der Waals surface area contributed by atoms with E-state index in [4.69, 9.17) is 22.7 Å². The predicted octanol–water partition coefficient (Wildman–Crippen LogP) is 2.00. The molecule has 4 nitrogen and oxygen atoms in total. The molecule has 1 amide bonds. The second-order valence-electron chi connectivity index (χ2n) is 5.30. The smallest absolute Gasteiger partial charge is 0.258 e. The van der Waals surface area contributed by atoms with Crippen molar-refractivity contribution in [1.82, 2.24) is 5.32 Å². The minimum atomic E-state index is -0.115. The number of benzene rings is 1. The second kappa shape index (κ2) is 6.70. The van der Waals surface area contributed by atoms with E-state index in [2.05, 4.69) is 5.32 Å². The van der Waals surface area contributed by atoms with Gasteiger partial charge in [0.2, 0.25) is 0 Å². The average Bonchev–Trinajstić information content (AvgIpc) is 3.20. The van der Waals surface area contributed by atoms with Gasteiger partial charge in [-0.15, -0.1) is 0 Å². The standard InChI is InChI=1S/C15H20N2O2S/c1-10(8-11-6-7-11)17-14(18)9-19-13-5-3-2-4-12(13)15(16)20/h2-5,10-11H,6-9H2,1H3,(H2,16,20)(H,17,18). The molecule has 0 radical (unpaired) electrons. The van der Waals surface area contributed by atoms with Gasteiger partial charge < -0.3 is 15.8 Å². The molecule has 1 aliphatic rings. The summed E-state index contributed by atoms with van der Waals surface area (Å²) < 4.78 is 5.50. The summed E-state index contributed by atoms with van der Waals surface area (Å²) in [6.45, 7) is 2.01. The lowest BCUT2D eigenvalue weighted by molar-refractivity contribution is -0.123. The summed E-state index contributed by atoms with van der Waals surface area (Å²) in [6.07, 6.45) is 3.63. The molecule has 1 atom stereocenters. The summed E-state index contributed by atoms with van der Waals surface area (Å²) in [5.41, 5.74) is 6.27. The van der Waals surface area contributed by atoms with Crippen LogP contribution >= 0.6 is 12.2 Å². The van der Waals surface area contributed by atoms with Crippen LogP contribution in [0.4, 0.5) is 0 Å². The van der Waals surface area contributed by atoms with Crippen LogP contribution in [0.15, 0.2) is 24.3 Å². The molecule has 1 fully saturated rings. The first-order valence-electron chi connectivity index (χ1n) is 6.87. The molecule has 0 bridgehead atoms. The minimum Gasteiger partial charge on any atom is -0.483 e.